The standard InChI is InChI=1S/C23H45N2/c1-4-6-7-8-9-10-11-12-13-14-15-16-17-18-19-20-25-22-21-24(3)23(25)5-2/h21-22H,4-20H2,1-3H3/q+1. The molecule has 0 unspecified atom stereocenters. The van der Waals surface area contributed by atoms with Crippen LogP contribution in [0.3, 0.4) is 0 Å². The van der Waals surface area contributed by atoms with Gasteiger partial charge in [0.1, 0.15) is 12.4 Å². The van der Waals surface area contributed by atoms with Crippen molar-refractivity contribution in [2.24, 2.45) is 7.05 Å². The minimum Gasteiger partial charge on any atom is -0.237 e. The molecule has 0 spiro atoms. The Morgan fingerprint density at radius 2 is 1.12 bits per heavy atom. The van der Waals surface area contributed by atoms with Gasteiger partial charge in [0.15, 0.2) is 0 Å². The van der Waals surface area contributed by atoms with Crippen molar-refractivity contribution >= 4 is 0 Å². The van der Waals surface area contributed by atoms with Gasteiger partial charge in [0.05, 0.1) is 13.6 Å². The quantitative estimate of drug-likeness (QED) is 0.217. The van der Waals surface area contributed by atoms with E-state index in [0.29, 0.717) is 0 Å². The molecule has 0 radical (unpaired) electrons. The Kier molecular flexibility index (Phi) is 13.8. The predicted octanol–water partition coefficient (Wildman–Crippen LogP) is 6.75. The summed E-state index contributed by atoms with van der Waals surface area (Å²) in [5.74, 6) is 1.45. The second-order valence-electron chi connectivity index (χ2n) is 7.82. The van der Waals surface area contributed by atoms with Gasteiger partial charge in [-0.2, -0.15) is 0 Å². The van der Waals surface area contributed by atoms with Crippen LogP contribution >= 0.6 is 0 Å². The van der Waals surface area contributed by atoms with Gasteiger partial charge in [0.2, 0.25) is 0 Å². The Balaban J connectivity index is 1.82. The van der Waals surface area contributed by atoms with Crippen molar-refractivity contribution in [1.29, 1.82) is 0 Å². The SMILES string of the molecule is CCCCCCCCCCCCCCCCCn1cc[n+](C)c1CC. The molecule has 2 heteroatoms. The zero-order valence-electron chi connectivity index (χ0n) is 17.6. The second-order valence-corrected chi connectivity index (χ2v) is 7.82. The molecule has 0 amide bonds. The Morgan fingerprint density at radius 3 is 1.56 bits per heavy atom. The van der Waals surface area contributed by atoms with Crippen LogP contribution in [0.4, 0.5) is 0 Å². The molecule has 0 aliphatic heterocycles. The number of hydrogen-bond donors (Lipinski definition) is 0. The van der Waals surface area contributed by atoms with E-state index in [1.807, 2.05) is 0 Å². The maximum Gasteiger partial charge on any atom is 0.255 e. The van der Waals surface area contributed by atoms with Gasteiger partial charge >= 0.3 is 0 Å². The fraction of sp³-hybridized carbons (Fsp3) is 0.870. The van der Waals surface area contributed by atoms with Crippen LogP contribution in [0.5, 0.6) is 0 Å². The number of imidazole rings is 1. The van der Waals surface area contributed by atoms with Crippen LogP contribution < -0.4 is 4.57 Å². The molecule has 0 aromatic carbocycles. The van der Waals surface area contributed by atoms with Gasteiger partial charge in [-0.15, -0.1) is 0 Å². The first kappa shape index (κ1) is 22.3. The van der Waals surface area contributed by atoms with E-state index in [2.05, 4.69) is 42.4 Å². The van der Waals surface area contributed by atoms with Crippen LogP contribution in [0.15, 0.2) is 12.4 Å². The fourth-order valence-electron chi connectivity index (χ4n) is 3.86. The van der Waals surface area contributed by atoms with E-state index >= 15 is 0 Å². The van der Waals surface area contributed by atoms with Crippen LogP contribution in [0.25, 0.3) is 0 Å². The summed E-state index contributed by atoms with van der Waals surface area (Å²) in [4.78, 5) is 0. The second kappa shape index (κ2) is 15.5. The normalized spacial score (nSPS) is 11.3. The molecule has 1 aromatic rings. The lowest BCUT2D eigenvalue weighted by Crippen LogP contribution is -2.31. The molecular formula is C23H45N2+. The molecule has 0 saturated heterocycles. The van der Waals surface area contributed by atoms with E-state index in [9.17, 15) is 0 Å². The number of unbranched alkanes of at least 4 members (excludes halogenated alkanes) is 14. The minimum atomic E-state index is 1.13. The molecular weight excluding hydrogens is 304 g/mol. The summed E-state index contributed by atoms with van der Waals surface area (Å²) in [5, 5.41) is 0. The minimum absolute atomic E-state index is 1.13. The van der Waals surface area contributed by atoms with E-state index in [1.54, 1.807) is 0 Å². The molecule has 1 rings (SSSR count). The van der Waals surface area contributed by atoms with Crippen LogP contribution in [0, 0.1) is 0 Å². The van der Waals surface area contributed by atoms with Crippen molar-refractivity contribution in [3.05, 3.63) is 18.2 Å². The van der Waals surface area contributed by atoms with E-state index in [0.717, 1.165) is 6.42 Å². The highest BCUT2D eigenvalue weighted by atomic mass is 15.1. The first-order chi connectivity index (χ1) is 12.3. The molecule has 0 atom stereocenters. The fourth-order valence-corrected chi connectivity index (χ4v) is 3.86. The summed E-state index contributed by atoms with van der Waals surface area (Å²) in [5.41, 5.74) is 0. The summed E-state index contributed by atoms with van der Waals surface area (Å²) in [6, 6.07) is 0. The molecule has 2 nitrogen and oxygen atoms in total. The van der Waals surface area contributed by atoms with Gasteiger partial charge < -0.3 is 0 Å². The van der Waals surface area contributed by atoms with Gasteiger partial charge in [0, 0.05) is 6.42 Å². The zero-order chi connectivity index (χ0) is 18.2. The van der Waals surface area contributed by atoms with Crippen molar-refractivity contribution in [3.63, 3.8) is 0 Å². The average Bonchev–Trinajstić information content (AvgIpc) is 2.98. The largest absolute Gasteiger partial charge is 0.255 e. The molecule has 0 saturated carbocycles. The third-order valence-corrected chi connectivity index (χ3v) is 5.53. The Labute approximate surface area is 158 Å². The van der Waals surface area contributed by atoms with Crippen LogP contribution in [-0.4, -0.2) is 4.57 Å². The van der Waals surface area contributed by atoms with E-state index in [-0.39, 0.29) is 0 Å². The average molecular weight is 350 g/mol. The molecule has 0 fully saturated rings. The van der Waals surface area contributed by atoms with Gasteiger partial charge in [0.25, 0.3) is 5.82 Å². The van der Waals surface area contributed by atoms with E-state index < -0.39 is 0 Å². The van der Waals surface area contributed by atoms with Crippen molar-refractivity contribution in [1.82, 2.24) is 4.57 Å². The lowest BCUT2D eigenvalue weighted by molar-refractivity contribution is -0.678. The topological polar surface area (TPSA) is 8.81 Å². The van der Waals surface area contributed by atoms with Crippen LogP contribution in [0.1, 0.15) is 116 Å². The first-order valence-electron chi connectivity index (χ1n) is 11.3. The van der Waals surface area contributed by atoms with Crippen LogP contribution in [-0.2, 0) is 20.0 Å². The summed E-state index contributed by atoms with van der Waals surface area (Å²) in [7, 11) is 2.15. The Bertz CT molecular complexity index is 408. The molecule has 0 bridgehead atoms. The highest BCUT2D eigenvalue weighted by Gasteiger charge is 2.10. The number of hydrogen-bond acceptors (Lipinski definition) is 0. The third-order valence-electron chi connectivity index (χ3n) is 5.53. The third kappa shape index (κ3) is 10.7. The number of aromatic nitrogens is 2. The Morgan fingerprint density at radius 1 is 0.680 bits per heavy atom. The van der Waals surface area contributed by atoms with Gasteiger partial charge in [-0.3, -0.25) is 0 Å². The highest BCUT2D eigenvalue weighted by molar-refractivity contribution is 4.82. The molecule has 25 heavy (non-hydrogen) atoms. The lowest BCUT2D eigenvalue weighted by atomic mass is 10.0. The van der Waals surface area contributed by atoms with E-state index in [1.165, 1.54) is 109 Å². The summed E-state index contributed by atoms with van der Waals surface area (Å²) in [6.07, 6.45) is 27.1. The van der Waals surface area contributed by atoms with Gasteiger partial charge in [-0.1, -0.05) is 97.3 Å². The lowest BCUT2D eigenvalue weighted by Gasteiger charge is -2.04. The summed E-state index contributed by atoms with van der Waals surface area (Å²) in [6.45, 7) is 5.74. The van der Waals surface area contributed by atoms with Crippen molar-refractivity contribution in [2.75, 3.05) is 0 Å². The van der Waals surface area contributed by atoms with Crippen molar-refractivity contribution in [3.8, 4) is 0 Å². The molecule has 0 aliphatic carbocycles. The molecule has 0 N–H and O–H groups in total. The van der Waals surface area contributed by atoms with Crippen molar-refractivity contribution < 1.29 is 4.57 Å². The monoisotopic (exact) mass is 349 g/mol. The molecule has 146 valence electrons. The molecule has 1 heterocycles. The zero-order valence-corrected chi connectivity index (χ0v) is 17.6. The maximum atomic E-state index is 2.43. The van der Waals surface area contributed by atoms with Gasteiger partial charge in [-0.05, 0) is 12.8 Å². The van der Waals surface area contributed by atoms with Crippen molar-refractivity contribution in [2.45, 2.75) is 123 Å². The van der Waals surface area contributed by atoms with Gasteiger partial charge in [-0.25, -0.2) is 9.13 Å². The van der Waals surface area contributed by atoms with E-state index in [4.69, 9.17) is 0 Å². The first-order valence-corrected chi connectivity index (χ1v) is 11.3. The Hall–Kier alpha value is -0.790. The number of aryl methyl sites for hydroxylation is 2. The molecule has 1 aromatic heterocycles. The predicted molar refractivity (Wildman–Crippen MR) is 110 cm³/mol. The summed E-state index contributed by atoms with van der Waals surface area (Å²) < 4.78 is 4.69. The maximum absolute atomic E-state index is 2.43. The smallest absolute Gasteiger partial charge is 0.237 e. The van der Waals surface area contributed by atoms with Crippen LogP contribution in [0.2, 0.25) is 0 Å². The number of rotatable bonds is 17. The molecule has 0 aliphatic rings. The number of nitrogens with zero attached hydrogens (tertiary/aromatic N) is 2. The summed E-state index contributed by atoms with van der Waals surface area (Å²) >= 11 is 0. The highest BCUT2D eigenvalue weighted by Crippen LogP contribution is 2.13.